The van der Waals surface area contributed by atoms with Crippen LogP contribution in [0.3, 0.4) is 0 Å². The molecule has 1 aliphatic heterocycles. The number of nitrogens with zero attached hydrogens (tertiary/aromatic N) is 1. The summed E-state index contributed by atoms with van der Waals surface area (Å²) in [6, 6.07) is 7.97. The van der Waals surface area contributed by atoms with Crippen molar-refractivity contribution in [1.29, 1.82) is 5.26 Å². The smallest absolute Gasteiger partial charge is 0.0959 e. The van der Waals surface area contributed by atoms with Crippen LogP contribution in [0.15, 0.2) is 23.8 Å². The molecule has 1 aliphatic rings. The van der Waals surface area contributed by atoms with E-state index < -0.39 is 0 Å². The lowest BCUT2D eigenvalue weighted by Gasteiger charge is -2.03. The minimum atomic E-state index is 0.521. The van der Waals surface area contributed by atoms with Gasteiger partial charge in [0, 0.05) is 5.57 Å². The maximum Gasteiger partial charge on any atom is 0.0959 e. The number of nitriles is 1. The summed E-state index contributed by atoms with van der Waals surface area (Å²) >= 11 is 6.07. The van der Waals surface area contributed by atoms with E-state index in [2.05, 4.69) is 0 Å². The Balaban J connectivity index is 2.44. The van der Waals surface area contributed by atoms with E-state index in [9.17, 15) is 0 Å². The van der Waals surface area contributed by atoms with Crippen LogP contribution in [0.4, 0.5) is 0 Å². The van der Waals surface area contributed by atoms with Crippen LogP contribution in [0.25, 0.3) is 5.03 Å². The average Bonchev–Trinajstić information content (AvgIpc) is 2.73. The summed E-state index contributed by atoms with van der Waals surface area (Å²) in [6.45, 7) is 3.03. The average molecular weight is 220 g/mol. The van der Waals surface area contributed by atoms with Crippen molar-refractivity contribution in [2.75, 3.05) is 0 Å². The lowest BCUT2D eigenvalue weighted by molar-refractivity contribution is 0.134. The molecule has 15 heavy (non-hydrogen) atoms. The van der Waals surface area contributed by atoms with Crippen molar-refractivity contribution in [2.24, 2.45) is 0 Å². The zero-order valence-electron chi connectivity index (χ0n) is 8.38. The molecule has 0 saturated carbocycles. The van der Waals surface area contributed by atoms with Crippen molar-refractivity contribution in [1.82, 2.24) is 0 Å². The van der Waals surface area contributed by atoms with Gasteiger partial charge in [-0.1, -0.05) is 23.7 Å². The summed E-state index contributed by atoms with van der Waals surface area (Å²) in [5, 5.41) is 9.26. The molecule has 2 rings (SSSR count). The van der Waals surface area contributed by atoms with Crippen molar-refractivity contribution < 1.29 is 4.74 Å². The first-order valence-electron chi connectivity index (χ1n) is 4.69. The Bertz CT molecular complexity index is 471. The molecule has 1 aromatic carbocycles. The fourth-order valence-corrected chi connectivity index (χ4v) is 1.73. The van der Waals surface area contributed by atoms with Gasteiger partial charge < -0.3 is 4.74 Å². The minimum absolute atomic E-state index is 0.521. The summed E-state index contributed by atoms with van der Waals surface area (Å²) in [4.78, 5) is 0. The molecule has 0 bridgehead atoms. The summed E-state index contributed by atoms with van der Waals surface area (Å²) in [5.41, 5.74) is 3.80. The van der Waals surface area contributed by atoms with Crippen molar-refractivity contribution in [3.8, 4) is 6.07 Å². The summed E-state index contributed by atoms with van der Waals surface area (Å²) in [6.07, 6.45) is 0. The second-order valence-electron chi connectivity index (χ2n) is 3.53. The van der Waals surface area contributed by atoms with Gasteiger partial charge in [-0.2, -0.15) is 5.26 Å². The van der Waals surface area contributed by atoms with E-state index in [-0.39, 0.29) is 0 Å². The van der Waals surface area contributed by atoms with E-state index >= 15 is 0 Å². The molecule has 0 aliphatic carbocycles. The maximum atomic E-state index is 8.74. The highest BCUT2D eigenvalue weighted by molar-refractivity contribution is 6.49. The number of benzene rings is 1. The second kappa shape index (κ2) is 4.06. The number of allylic oxidation sites excluding steroid dienone is 1. The fourth-order valence-electron chi connectivity index (χ4n) is 1.57. The summed E-state index contributed by atoms with van der Waals surface area (Å²) in [7, 11) is 0. The molecule has 0 fully saturated rings. The maximum absolute atomic E-state index is 8.74. The van der Waals surface area contributed by atoms with E-state index in [1.165, 1.54) is 5.56 Å². The Morgan fingerprint density at radius 2 is 2.13 bits per heavy atom. The second-order valence-corrected chi connectivity index (χ2v) is 3.91. The molecule has 2 nitrogen and oxygen atoms in total. The molecule has 0 unspecified atom stereocenters. The number of ether oxygens (including phenoxy) is 1. The normalized spacial score (nSPS) is 15.5. The van der Waals surface area contributed by atoms with Gasteiger partial charge in [0.1, 0.15) is 0 Å². The van der Waals surface area contributed by atoms with Crippen LogP contribution < -0.4 is 0 Å². The van der Waals surface area contributed by atoms with Crippen molar-refractivity contribution in [2.45, 2.75) is 20.1 Å². The van der Waals surface area contributed by atoms with Gasteiger partial charge in [0.15, 0.2) is 0 Å². The predicted molar refractivity (Wildman–Crippen MR) is 59.0 cm³/mol. The lowest BCUT2D eigenvalue weighted by Crippen LogP contribution is -1.86. The molecular weight excluding hydrogens is 210 g/mol. The van der Waals surface area contributed by atoms with E-state index in [0.29, 0.717) is 23.8 Å². The van der Waals surface area contributed by atoms with E-state index in [4.69, 9.17) is 21.6 Å². The third kappa shape index (κ3) is 1.90. The molecule has 1 heterocycles. The molecule has 0 amide bonds. The largest absolute Gasteiger partial charge is 0.372 e. The summed E-state index contributed by atoms with van der Waals surface area (Å²) < 4.78 is 5.31. The van der Waals surface area contributed by atoms with Gasteiger partial charge in [-0.25, -0.2) is 0 Å². The lowest BCUT2D eigenvalue weighted by atomic mass is 10.0. The molecule has 0 radical (unpaired) electrons. The van der Waals surface area contributed by atoms with Gasteiger partial charge in [-0.3, -0.25) is 0 Å². The molecule has 0 spiro atoms. The molecule has 0 atom stereocenters. The third-order valence-electron chi connectivity index (χ3n) is 2.47. The number of hydrogen-bond acceptors (Lipinski definition) is 2. The fraction of sp³-hybridized carbons (Fsp3) is 0.250. The molecule has 0 aromatic heterocycles. The van der Waals surface area contributed by atoms with Crippen molar-refractivity contribution in [3.05, 3.63) is 40.5 Å². The number of fused-ring (bicyclic) bond motifs is 1. The number of halogens is 1. The number of rotatable bonds is 1. The Kier molecular flexibility index (Phi) is 2.77. The first-order valence-corrected chi connectivity index (χ1v) is 5.06. The van der Waals surface area contributed by atoms with E-state index in [1.807, 2.05) is 24.3 Å². The van der Waals surface area contributed by atoms with Crippen molar-refractivity contribution >= 4 is 16.6 Å². The number of hydrogen-bond donors (Lipinski definition) is 0. The SMILES string of the molecule is C/C(C#N)=C(/Cl)c1ccc2c(c1)COC2. The van der Waals surface area contributed by atoms with Gasteiger partial charge >= 0.3 is 0 Å². The van der Waals surface area contributed by atoms with Crippen LogP contribution >= 0.6 is 11.6 Å². The Morgan fingerprint density at radius 1 is 1.40 bits per heavy atom. The molecular formula is C12H10ClNO. The standard InChI is InChI=1S/C12H10ClNO/c1-8(5-14)12(13)9-2-3-10-6-15-7-11(10)4-9/h2-4H,6-7H2,1H3/b12-8-. The first kappa shape index (κ1) is 10.2. The monoisotopic (exact) mass is 219 g/mol. The Labute approximate surface area is 93.7 Å². The van der Waals surface area contributed by atoms with Gasteiger partial charge in [0.25, 0.3) is 0 Å². The topological polar surface area (TPSA) is 33.0 Å². The zero-order valence-corrected chi connectivity index (χ0v) is 9.14. The Morgan fingerprint density at radius 3 is 2.87 bits per heavy atom. The minimum Gasteiger partial charge on any atom is -0.372 e. The Hall–Kier alpha value is -1.30. The summed E-state index contributed by atoms with van der Waals surface area (Å²) in [5.74, 6) is 0. The van der Waals surface area contributed by atoms with Crippen LogP contribution in [0.1, 0.15) is 23.6 Å². The van der Waals surface area contributed by atoms with Crippen LogP contribution in [-0.4, -0.2) is 0 Å². The van der Waals surface area contributed by atoms with Gasteiger partial charge in [0.05, 0.1) is 24.3 Å². The van der Waals surface area contributed by atoms with Crippen LogP contribution in [0, 0.1) is 11.3 Å². The van der Waals surface area contributed by atoms with E-state index in [1.54, 1.807) is 6.92 Å². The molecule has 0 N–H and O–H groups in total. The quantitative estimate of drug-likeness (QED) is 0.680. The van der Waals surface area contributed by atoms with Crippen LogP contribution in [0.2, 0.25) is 0 Å². The first-order chi connectivity index (χ1) is 7.22. The van der Waals surface area contributed by atoms with Crippen LogP contribution in [0.5, 0.6) is 0 Å². The zero-order chi connectivity index (χ0) is 10.8. The molecule has 1 aromatic rings. The molecule has 0 saturated heterocycles. The third-order valence-corrected chi connectivity index (χ3v) is 2.97. The predicted octanol–water partition coefficient (Wildman–Crippen LogP) is 3.21. The van der Waals surface area contributed by atoms with Gasteiger partial charge in [-0.15, -0.1) is 0 Å². The van der Waals surface area contributed by atoms with Crippen molar-refractivity contribution in [3.63, 3.8) is 0 Å². The molecule has 76 valence electrons. The van der Waals surface area contributed by atoms with Crippen LogP contribution in [-0.2, 0) is 18.0 Å². The van der Waals surface area contributed by atoms with E-state index in [0.717, 1.165) is 11.1 Å². The van der Waals surface area contributed by atoms with Gasteiger partial charge in [0.2, 0.25) is 0 Å². The van der Waals surface area contributed by atoms with Gasteiger partial charge in [-0.05, 0) is 29.7 Å². The highest BCUT2D eigenvalue weighted by atomic mass is 35.5. The highest BCUT2D eigenvalue weighted by Crippen LogP contribution is 2.28. The highest BCUT2D eigenvalue weighted by Gasteiger charge is 2.12. The molecule has 3 heteroatoms.